The van der Waals surface area contributed by atoms with E-state index >= 15 is 0 Å². The van der Waals surface area contributed by atoms with Crippen LogP contribution in [0.3, 0.4) is 0 Å². The van der Waals surface area contributed by atoms with Gasteiger partial charge in [-0.3, -0.25) is 37.0 Å². The number of anilines is 2. The number of rotatable bonds is 9. The number of nitrogens with zero attached hydrogens (tertiary/aromatic N) is 7. The van der Waals surface area contributed by atoms with Crippen LogP contribution < -0.4 is 17.0 Å². The molecule has 2 saturated carbocycles. The van der Waals surface area contributed by atoms with Crippen LogP contribution in [-0.2, 0) is 50.7 Å². The van der Waals surface area contributed by atoms with Gasteiger partial charge in [0.1, 0.15) is 42.4 Å². The molecular weight excluding hydrogens is 818 g/mol. The van der Waals surface area contributed by atoms with Crippen LogP contribution in [0.5, 0.6) is 0 Å². The maximum absolute atomic E-state index is 14.9. The van der Waals surface area contributed by atoms with E-state index in [0.29, 0.717) is 29.0 Å². The molecule has 0 aromatic carbocycles. The van der Waals surface area contributed by atoms with Crippen molar-refractivity contribution in [3.05, 3.63) is 29.3 Å². The molecule has 8 rings (SSSR count). The largest absolute Gasteiger partial charge is 0.509 e. The third kappa shape index (κ3) is 7.22. The van der Waals surface area contributed by atoms with Gasteiger partial charge in [0.05, 0.1) is 44.6 Å². The van der Waals surface area contributed by atoms with Gasteiger partial charge in [0.15, 0.2) is 34.8 Å². The van der Waals surface area contributed by atoms with Crippen LogP contribution >= 0.6 is 26.0 Å². The van der Waals surface area contributed by atoms with Gasteiger partial charge in [0.25, 0.3) is 5.56 Å². The number of carbonyl (C=O) groups excluding carboxylic acids is 1. The number of methoxy groups -OCH3 is 1. The lowest BCUT2D eigenvalue weighted by Crippen LogP contribution is -2.38. The predicted octanol–water partition coefficient (Wildman–Crippen LogP) is 2.28. The number of imidazole rings is 2. The number of ether oxygens (including phenoxy) is 4. The van der Waals surface area contributed by atoms with Crippen molar-refractivity contribution in [1.82, 2.24) is 39.0 Å². The summed E-state index contributed by atoms with van der Waals surface area (Å²) in [5.41, 5.74) is 10.7. The molecule has 0 unspecified atom stereocenters. The smallest absolute Gasteiger partial charge is 0.432 e. The number of hydrogen-bond acceptors (Lipinski definition) is 22. The Morgan fingerprint density at radius 1 is 1.12 bits per heavy atom. The number of phosphoric acid groups is 1. The van der Waals surface area contributed by atoms with Gasteiger partial charge < -0.3 is 40.1 Å². The van der Waals surface area contributed by atoms with E-state index in [1.165, 1.54) is 30.7 Å². The van der Waals surface area contributed by atoms with Crippen molar-refractivity contribution < 1.29 is 60.6 Å². The summed E-state index contributed by atoms with van der Waals surface area (Å²) in [5.74, 6) is -1.08. The molecule has 0 amide bonds. The highest BCUT2D eigenvalue weighted by Gasteiger charge is 2.74. The molecular formula is C30H40N10O14P2S. The van der Waals surface area contributed by atoms with E-state index in [1.807, 2.05) is 0 Å². The lowest BCUT2D eigenvalue weighted by atomic mass is 10.0. The van der Waals surface area contributed by atoms with Gasteiger partial charge in [-0.05, 0) is 33.1 Å². The standard InChI is InChI=1S/C30H40N10O14P2S/c1-5-48-55(44)50-8-30-6-14(30)18(39-10-35-16-23(31)33-9-34-24(16)39)19(41)22(30)54-56(45,57-12-47-29(43)51-13(2)3)49-7-15-20(46-4)21(53-55)27(52-15)40-11-36-17-25(40)37-28(32)38-26(17)42/h9-11,13-15,18-22,27,41H,5-8,12H2,1-4H3,(H2,31,33,34)(H3,32,37,38,42)/t14-,15-,18-,19+,20-,21-,22+,27-,30-,55+,56-/m1/s1. The normalized spacial score (nSPS) is 35.3. The molecule has 4 aromatic rings. The SMILES string of the molecule is CCO[P@@]1(=O)OC[C@]23C[C@@H]2[C@@H](n2cnc4c(N)ncnc42)[C@H](O)[C@@H]3O[P@](=O)(SCOC(=O)OC(C)C)OC[C@H]2O[C@@H](n3cnc4c(=O)[nH]c(N)nc43)[C@H](O1)[C@@H]2OC. The first-order chi connectivity index (χ1) is 27.2. The summed E-state index contributed by atoms with van der Waals surface area (Å²) in [6.45, 7) is -0.635. The summed E-state index contributed by atoms with van der Waals surface area (Å²) in [6, 6.07) is -0.784. The van der Waals surface area contributed by atoms with Crippen LogP contribution in [0.25, 0.3) is 22.3 Å². The van der Waals surface area contributed by atoms with E-state index in [1.54, 1.807) is 25.3 Å². The molecule has 310 valence electrons. The van der Waals surface area contributed by atoms with Crippen molar-refractivity contribution in [1.29, 1.82) is 0 Å². The minimum atomic E-state index is -4.56. The molecule has 6 heterocycles. The van der Waals surface area contributed by atoms with Gasteiger partial charge in [-0.15, -0.1) is 0 Å². The fourth-order valence-corrected chi connectivity index (χ4v) is 12.0. The number of nitrogens with two attached hydrogens (primary N) is 2. The molecule has 0 radical (unpaired) electrons. The Balaban J connectivity index is 1.19. The Bertz CT molecular complexity index is 2330. The molecule has 2 aliphatic heterocycles. The lowest BCUT2D eigenvalue weighted by Gasteiger charge is -2.32. The van der Waals surface area contributed by atoms with Crippen molar-refractivity contribution >= 4 is 66.3 Å². The molecule has 4 aromatic heterocycles. The molecule has 4 aliphatic rings. The minimum Gasteiger partial charge on any atom is -0.432 e. The van der Waals surface area contributed by atoms with Crippen LogP contribution in [-0.4, -0.2) is 120 Å². The molecule has 2 bridgehead atoms. The third-order valence-corrected chi connectivity index (χ3v) is 15.0. The molecule has 2 aliphatic carbocycles. The number of aliphatic hydroxyl groups excluding tert-OH is 1. The van der Waals surface area contributed by atoms with E-state index in [9.17, 15) is 23.8 Å². The van der Waals surface area contributed by atoms with Crippen molar-refractivity contribution in [2.45, 2.75) is 76.1 Å². The van der Waals surface area contributed by atoms with E-state index in [4.69, 9.17) is 53.0 Å². The summed E-state index contributed by atoms with van der Waals surface area (Å²) in [5, 5.41) is 12.1. The highest BCUT2D eigenvalue weighted by atomic mass is 32.7. The summed E-state index contributed by atoms with van der Waals surface area (Å²) in [7, 11) is -3.23. The van der Waals surface area contributed by atoms with E-state index < -0.39 is 99.1 Å². The number of fused-ring (bicyclic) bond motifs is 4. The van der Waals surface area contributed by atoms with Crippen LogP contribution in [0.1, 0.15) is 39.5 Å². The van der Waals surface area contributed by atoms with Crippen LogP contribution in [0.2, 0.25) is 0 Å². The van der Waals surface area contributed by atoms with Crippen molar-refractivity contribution in [2.24, 2.45) is 11.3 Å². The molecule has 11 atom stereocenters. The zero-order chi connectivity index (χ0) is 40.4. The van der Waals surface area contributed by atoms with Gasteiger partial charge >= 0.3 is 20.8 Å². The van der Waals surface area contributed by atoms with Crippen molar-refractivity contribution in [2.75, 3.05) is 44.3 Å². The first-order valence-corrected chi connectivity index (χ1v) is 22.3. The predicted molar refractivity (Wildman–Crippen MR) is 196 cm³/mol. The average molecular weight is 859 g/mol. The monoisotopic (exact) mass is 858 g/mol. The minimum absolute atomic E-state index is 0.00197. The number of nitrogen functional groups attached to an aromatic ring is 2. The van der Waals surface area contributed by atoms with Crippen LogP contribution in [0.15, 0.2) is 23.8 Å². The summed E-state index contributed by atoms with van der Waals surface area (Å²) in [6.07, 6.45) is -4.78. The average Bonchev–Trinajstić information content (AvgIpc) is 3.44. The molecule has 6 N–H and O–H groups in total. The van der Waals surface area contributed by atoms with Gasteiger partial charge in [0.2, 0.25) is 5.95 Å². The zero-order valence-electron chi connectivity index (χ0n) is 30.8. The quantitative estimate of drug-likeness (QED) is 0.107. The molecule has 1 spiro atoms. The van der Waals surface area contributed by atoms with E-state index in [0.717, 1.165) is 0 Å². The van der Waals surface area contributed by atoms with Gasteiger partial charge in [-0.2, -0.15) is 4.98 Å². The number of aliphatic hydroxyl groups is 1. The second kappa shape index (κ2) is 15.1. The number of phosphoric ester groups is 1. The summed E-state index contributed by atoms with van der Waals surface area (Å²) < 4.78 is 85.4. The van der Waals surface area contributed by atoms with Gasteiger partial charge in [-0.1, -0.05) is 0 Å². The number of H-pyrrole nitrogens is 1. The Morgan fingerprint density at radius 3 is 2.65 bits per heavy atom. The van der Waals surface area contributed by atoms with Crippen molar-refractivity contribution in [3.8, 4) is 0 Å². The fraction of sp³-hybridized carbons (Fsp3) is 0.633. The van der Waals surface area contributed by atoms with Gasteiger partial charge in [-0.25, -0.2) is 33.9 Å². The Kier molecular flexibility index (Phi) is 10.6. The Labute approximate surface area is 326 Å². The Morgan fingerprint density at radius 2 is 1.89 bits per heavy atom. The first kappa shape index (κ1) is 40.1. The molecule has 27 heteroatoms. The molecule has 4 fully saturated rings. The number of hydrogen-bond donors (Lipinski definition) is 4. The number of aromatic nitrogens is 8. The van der Waals surface area contributed by atoms with E-state index in [2.05, 4.69) is 29.9 Å². The van der Waals surface area contributed by atoms with E-state index in [-0.39, 0.29) is 36.1 Å². The molecule has 2 saturated heterocycles. The Hall–Kier alpha value is -3.74. The second-order valence-corrected chi connectivity index (χ2v) is 19.5. The summed E-state index contributed by atoms with van der Waals surface area (Å²) >= 11 is 0.524. The topological polar surface area (TPSA) is 314 Å². The fourth-order valence-electron chi connectivity index (χ4n) is 7.72. The maximum Gasteiger partial charge on any atom is 0.509 e. The maximum atomic E-state index is 14.9. The van der Waals surface area contributed by atoms with Crippen LogP contribution in [0, 0.1) is 11.3 Å². The molecule has 57 heavy (non-hydrogen) atoms. The first-order valence-electron chi connectivity index (χ1n) is 17.7. The number of nitrogens with one attached hydrogen (secondary N) is 1. The third-order valence-electron chi connectivity index (χ3n) is 10.2. The highest BCUT2D eigenvalue weighted by Crippen LogP contribution is 2.74. The van der Waals surface area contributed by atoms with Crippen LogP contribution in [0.4, 0.5) is 16.6 Å². The lowest BCUT2D eigenvalue weighted by molar-refractivity contribution is -0.0612. The zero-order valence-corrected chi connectivity index (χ0v) is 33.4. The molecule has 24 nitrogen and oxygen atoms in total. The second-order valence-electron chi connectivity index (χ2n) is 13.9. The number of carbonyl (C=O) groups is 1. The highest BCUT2D eigenvalue weighted by molar-refractivity contribution is 8.55. The number of aromatic amines is 1. The van der Waals surface area contributed by atoms with Crippen molar-refractivity contribution in [3.63, 3.8) is 0 Å². The summed E-state index contributed by atoms with van der Waals surface area (Å²) in [4.78, 5) is 48.4. The van der Waals surface area contributed by atoms with Gasteiger partial charge in [0, 0.05) is 23.9 Å².